The predicted octanol–water partition coefficient (Wildman–Crippen LogP) is 7.01. The minimum atomic E-state index is -0.464. The monoisotopic (exact) mass is 451 g/mol. The first-order valence-corrected chi connectivity index (χ1v) is 11.0. The minimum absolute atomic E-state index is 0.344. The number of Topliss-reactive ketones (excluding diaryl/α,β-unsaturated/α-hetero) is 1. The Morgan fingerprint density at radius 3 is 2.34 bits per heavy atom. The molecule has 6 heteroatoms. The smallest absolute Gasteiger partial charge is 0.166 e. The number of nitrogens with zero attached hydrogens (tertiary/aromatic N) is 3. The van der Waals surface area contributed by atoms with Gasteiger partial charge in [-0.2, -0.15) is 0 Å². The molecule has 4 aromatic rings. The second-order valence-electron chi connectivity index (χ2n) is 7.68. The molecule has 2 heterocycles. The van der Waals surface area contributed by atoms with Crippen molar-refractivity contribution >= 4 is 28.5 Å². The molecule has 4 rings (SSSR count). The first-order chi connectivity index (χ1) is 15.4. The minimum Gasteiger partial charge on any atom is -0.300 e. The van der Waals surface area contributed by atoms with Crippen LogP contribution in [0.5, 0.6) is 0 Å². The second kappa shape index (κ2) is 11.0. The van der Waals surface area contributed by atoms with E-state index in [0.29, 0.717) is 40.9 Å². The Hall–Kier alpha value is -3.05. The average molecular weight is 452 g/mol. The van der Waals surface area contributed by atoms with E-state index in [4.69, 9.17) is 11.6 Å². The van der Waals surface area contributed by atoms with Crippen LogP contribution in [0.3, 0.4) is 0 Å². The van der Waals surface area contributed by atoms with Crippen LogP contribution in [0.1, 0.15) is 49.6 Å². The van der Waals surface area contributed by atoms with Crippen molar-refractivity contribution in [1.82, 2.24) is 14.5 Å². The third-order valence-electron chi connectivity index (χ3n) is 5.28. The molecule has 0 saturated carbocycles. The molecule has 2 aromatic heterocycles. The first kappa shape index (κ1) is 23.6. The van der Waals surface area contributed by atoms with Crippen LogP contribution in [0.2, 0.25) is 5.15 Å². The van der Waals surface area contributed by atoms with Crippen molar-refractivity contribution in [2.45, 2.75) is 46.2 Å². The Kier molecular flexibility index (Phi) is 8.12. The number of hydrogen-bond donors (Lipinski definition) is 0. The normalized spacial score (nSPS) is 11.7. The molecule has 0 radical (unpaired) electrons. The fourth-order valence-corrected chi connectivity index (χ4v) is 3.62. The lowest BCUT2D eigenvalue weighted by molar-refractivity contribution is -0.119. The molecule has 2 aromatic carbocycles. The van der Waals surface area contributed by atoms with Gasteiger partial charge in [0.05, 0.1) is 0 Å². The molecule has 32 heavy (non-hydrogen) atoms. The van der Waals surface area contributed by atoms with Crippen LogP contribution >= 0.6 is 11.6 Å². The molecule has 0 saturated heterocycles. The summed E-state index contributed by atoms with van der Waals surface area (Å²) in [5.74, 6) is 1.52. The van der Waals surface area contributed by atoms with Crippen molar-refractivity contribution in [2.75, 3.05) is 0 Å². The molecule has 0 aliphatic heterocycles. The number of rotatable bonds is 6. The number of carbonyl (C=O) groups is 1. The molecule has 1 atom stereocenters. The van der Waals surface area contributed by atoms with Crippen molar-refractivity contribution in [2.24, 2.45) is 0 Å². The maximum atomic E-state index is 12.5. The molecule has 0 spiro atoms. The molecular formula is C26H27ClFN3O. The number of imidazole rings is 1. The molecule has 0 amide bonds. The number of aromatic nitrogens is 3. The van der Waals surface area contributed by atoms with E-state index in [9.17, 15) is 9.18 Å². The largest absolute Gasteiger partial charge is 0.300 e. The van der Waals surface area contributed by atoms with Crippen LogP contribution in [-0.4, -0.2) is 20.3 Å². The van der Waals surface area contributed by atoms with Crippen LogP contribution in [0.25, 0.3) is 16.9 Å². The van der Waals surface area contributed by atoms with Gasteiger partial charge < -0.3 is 0 Å². The predicted molar refractivity (Wildman–Crippen MR) is 128 cm³/mol. The fraction of sp³-hybridized carbons (Fsp3) is 0.269. The van der Waals surface area contributed by atoms with Crippen LogP contribution in [0, 0.1) is 6.92 Å². The van der Waals surface area contributed by atoms with Gasteiger partial charge in [0, 0.05) is 18.5 Å². The van der Waals surface area contributed by atoms with E-state index in [2.05, 4.69) is 29.0 Å². The lowest BCUT2D eigenvalue weighted by Gasteiger charge is -2.09. The van der Waals surface area contributed by atoms with Gasteiger partial charge in [0.2, 0.25) is 0 Å². The summed E-state index contributed by atoms with van der Waals surface area (Å²) in [4.78, 5) is 19.9. The standard InChI is InChI=1S/C14H11ClFN3.C12H16O/c1-9-17-12-6-7-13(15)18-14(12)19(9)11-4-2-10(8-16)3-5-11;1-3-12(13)9-10(2)11-7-5-4-6-8-11/h2-7H,8H2,1H3;4-8,10H,3,9H2,1-2H3. The van der Waals surface area contributed by atoms with Gasteiger partial charge in [0.25, 0.3) is 0 Å². The maximum absolute atomic E-state index is 12.5. The summed E-state index contributed by atoms with van der Waals surface area (Å²) >= 11 is 5.93. The third kappa shape index (κ3) is 5.80. The van der Waals surface area contributed by atoms with Gasteiger partial charge in [0.1, 0.15) is 29.0 Å². The number of aryl methyl sites for hydroxylation is 1. The van der Waals surface area contributed by atoms with Crippen molar-refractivity contribution in [3.8, 4) is 5.69 Å². The molecule has 0 aliphatic rings. The molecule has 0 N–H and O–H groups in total. The van der Waals surface area contributed by atoms with Crippen molar-refractivity contribution in [3.05, 3.63) is 88.8 Å². The lowest BCUT2D eigenvalue weighted by atomic mass is 9.95. The highest BCUT2D eigenvalue weighted by atomic mass is 35.5. The van der Waals surface area contributed by atoms with E-state index in [1.165, 1.54) is 5.56 Å². The Morgan fingerprint density at radius 1 is 1.03 bits per heavy atom. The molecular weight excluding hydrogens is 425 g/mol. The Bertz CT molecular complexity index is 1170. The highest BCUT2D eigenvalue weighted by Gasteiger charge is 2.11. The summed E-state index contributed by atoms with van der Waals surface area (Å²) in [6, 6.07) is 21.0. The molecule has 166 valence electrons. The number of alkyl halides is 1. The summed E-state index contributed by atoms with van der Waals surface area (Å²) in [7, 11) is 0. The van der Waals surface area contributed by atoms with Crippen LogP contribution in [-0.2, 0) is 11.5 Å². The quantitative estimate of drug-likeness (QED) is 0.296. The average Bonchev–Trinajstić information content (AvgIpc) is 3.14. The molecule has 0 fully saturated rings. The van der Waals surface area contributed by atoms with Crippen molar-refractivity contribution in [1.29, 1.82) is 0 Å². The van der Waals surface area contributed by atoms with Crippen LogP contribution in [0.15, 0.2) is 66.7 Å². The summed E-state index contributed by atoms with van der Waals surface area (Å²) in [5, 5.41) is 0.425. The Morgan fingerprint density at radius 2 is 1.72 bits per heavy atom. The van der Waals surface area contributed by atoms with E-state index in [1.807, 2.05) is 54.8 Å². The summed E-state index contributed by atoms with van der Waals surface area (Å²) < 4.78 is 14.4. The van der Waals surface area contributed by atoms with E-state index in [1.54, 1.807) is 18.2 Å². The number of hydrogen-bond acceptors (Lipinski definition) is 3. The van der Waals surface area contributed by atoms with Gasteiger partial charge >= 0.3 is 0 Å². The zero-order chi connectivity index (χ0) is 23.1. The van der Waals surface area contributed by atoms with Gasteiger partial charge in [-0.25, -0.2) is 14.4 Å². The second-order valence-corrected chi connectivity index (χ2v) is 8.07. The first-order valence-electron chi connectivity index (χ1n) is 10.7. The highest BCUT2D eigenvalue weighted by molar-refractivity contribution is 6.29. The summed E-state index contributed by atoms with van der Waals surface area (Å²) in [5.41, 5.74) is 4.29. The van der Waals surface area contributed by atoms with Gasteiger partial charge in [0.15, 0.2) is 5.65 Å². The van der Waals surface area contributed by atoms with E-state index in [0.717, 1.165) is 17.0 Å². The van der Waals surface area contributed by atoms with Gasteiger partial charge in [-0.15, -0.1) is 0 Å². The van der Waals surface area contributed by atoms with Crippen molar-refractivity contribution in [3.63, 3.8) is 0 Å². The topological polar surface area (TPSA) is 47.8 Å². The number of pyridine rings is 1. The zero-order valence-electron chi connectivity index (χ0n) is 18.6. The summed E-state index contributed by atoms with van der Waals surface area (Å²) in [6.45, 7) is 5.45. The highest BCUT2D eigenvalue weighted by Crippen LogP contribution is 2.22. The molecule has 4 nitrogen and oxygen atoms in total. The fourth-order valence-electron chi connectivity index (χ4n) is 3.48. The Balaban J connectivity index is 0.000000195. The number of ketones is 1. The lowest BCUT2D eigenvalue weighted by Crippen LogP contribution is -2.02. The van der Waals surface area contributed by atoms with E-state index in [-0.39, 0.29) is 0 Å². The molecule has 0 bridgehead atoms. The summed E-state index contributed by atoms with van der Waals surface area (Å²) in [6.07, 6.45) is 1.32. The molecule has 0 aliphatic carbocycles. The zero-order valence-corrected chi connectivity index (χ0v) is 19.3. The number of fused-ring (bicyclic) bond motifs is 1. The molecule has 1 unspecified atom stereocenters. The van der Waals surface area contributed by atoms with Crippen LogP contribution < -0.4 is 0 Å². The SMILES string of the molecule is CCC(=O)CC(C)c1ccccc1.Cc1nc2ccc(Cl)nc2n1-c1ccc(CF)cc1. The van der Waals surface area contributed by atoms with Gasteiger partial charge in [-0.1, -0.05) is 67.9 Å². The third-order valence-corrected chi connectivity index (χ3v) is 5.49. The van der Waals surface area contributed by atoms with Gasteiger partial charge in [-0.3, -0.25) is 9.36 Å². The number of benzene rings is 2. The van der Waals surface area contributed by atoms with Crippen LogP contribution in [0.4, 0.5) is 4.39 Å². The number of carbonyl (C=O) groups excluding carboxylic acids is 1. The number of halogens is 2. The van der Waals surface area contributed by atoms with E-state index < -0.39 is 6.67 Å². The maximum Gasteiger partial charge on any atom is 0.166 e. The van der Waals surface area contributed by atoms with Crippen molar-refractivity contribution < 1.29 is 9.18 Å². The Labute approximate surface area is 193 Å². The van der Waals surface area contributed by atoms with Gasteiger partial charge in [-0.05, 0) is 48.2 Å². The van der Waals surface area contributed by atoms with E-state index >= 15 is 0 Å².